The van der Waals surface area contributed by atoms with E-state index in [1.807, 2.05) is 0 Å². The topological polar surface area (TPSA) is 12.5 Å². The highest BCUT2D eigenvalue weighted by Crippen LogP contribution is 2.11. The summed E-state index contributed by atoms with van der Waals surface area (Å²) >= 11 is 3.60. The summed E-state index contributed by atoms with van der Waals surface area (Å²) in [7, 11) is 3.87. The van der Waals surface area contributed by atoms with Crippen LogP contribution < -0.4 is 0 Å². The van der Waals surface area contributed by atoms with E-state index in [4.69, 9.17) is 4.74 Å². The van der Waals surface area contributed by atoms with E-state index in [1.165, 1.54) is 11.1 Å². The molecule has 3 heteroatoms. The molecule has 0 spiro atoms. The summed E-state index contributed by atoms with van der Waals surface area (Å²) < 4.78 is 5.10. The van der Waals surface area contributed by atoms with Gasteiger partial charge in [0.1, 0.15) is 0 Å². The Morgan fingerprint density at radius 2 is 2.06 bits per heavy atom. The number of rotatable bonds is 6. The fourth-order valence-electron chi connectivity index (χ4n) is 1.71. The third-order valence-corrected chi connectivity index (χ3v) is 3.11. The van der Waals surface area contributed by atoms with Gasteiger partial charge in [0.15, 0.2) is 0 Å². The lowest BCUT2D eigenvalue weighted by molar-refractivity contribution is 0.185. The number of halogens is 1. The van der Waals surface area contributed by atoms with E-state index < -0.39 is 0 Å². The van der Waals surface area contributed by atoms with Gasteiger partial charge in [0.25, 0.3) is 0 Å². The smallest absolute Gasteiger partial charge is 0.0600 e. The zero-order valence-electron chi connectivity index (χ0n) is 10.2. The molecule has 2 nitrogen and oxygen atoms in total. The molecule has 16 heavy (non-hydrogen) atoms. The first kappa shape index (κ1) is 13.7. The molecule has 0 saturated heterocycles. The van der Waals surface area contributed by atoms with Gasteiger partial charge in [-0.3, -0.25) is 0 Å². The van der Waals surface area contributed by atoms with Crippen molar-refractivity contribution < 1.29 is 4.74 Å². The monoisotopic (exact) mass is 285 g/mol. The molecule has 0 N–H and O–H groups in total. The Balaban J connectivity index is 2.45. The molecular formula is C13H20BrNO. The Morgan fingerprint density at radius 1 is 1.38 bits per heavy atom. The molecule has 1 unspecified atom stereocenters. The SMILES string of the molecule is COCC(Br)CN(C)Cc1ccccc1C. The van der Waals surface area contributed by atoms with Crippen molar-refractivity contribution in [2.75, 3.05) is 27.3 Å². The molecule has 90 valence electrons. The molecule has 0 fully saturated rings. The minimum absolute atomic E-state index is 0.395. The van der Waals surface area contributed by atoms with Gasteiger partial charge < -0.3 is 9.64 Å². The first-order valence-electron chi connectivity index (χ1n) is 5.49. The fraction of sp³-hybridized carbons (Fsp3) is 0.538. The average Bonchev–Trinajstić information content (AvgIpc) is 2.21. The molecule has 1 rings (SSSR count). The molecule has 0 saturated carbocycles. The summed E-state index contributed by atoms with van der Waals surface area (Å²) in [4.78, 5) is 2.70. The summed E-state index contributed by atoms with van der Waals surface area (Å²) in [5.74, 6) is 0. The van der Waals surface area contributed by atoms with E-state index in [-0.39, 0.29) is 0 Å². The van der Waals surface area contributed by atoms with Crippen LogP contribution in [0.4, 0.5) is 0 Å². The molecule has 0 amide bonds. The maximum absolute atomic E-state index is 5.10. The van der Waals surface area contributed by atoms with Crippen LogP contribution in [0.2, 0.25) is 0 Å². The summed E-state index contributed by atoms with van der Waals surface area (Å²) in [6, 6.07) is 8.52. The van der Waals surface area contributed by atoms with Crippen molar-refractivity contribution >= 4 is 15.9 Å². The van der Waals surface area contributed by atoms with Crippen LogP contribution in [0.25, 0.3) is 0 Å². The molecule has 0 bridgehead atoms. The maximum atomic E-state index is 5.10. The molecule has 0 aromatic heterocycles. The van der Waals surface area contributed by atoms with E-state index in [0.29, 0.717) is 4.83 Å². The molecule has 0 aliphatic rings. The highest BCUT2D eigenvalue weighted by molar-refractivity contribution is 9.09. The van der Waals surface area contributed by atoms with Gasteiger partial charge in [0.2, 0.25) is 0 Å². The molecule has 1 aromatic rings. The molecule has 0 aliphatic heterocycles. The van der Waals surface area contributed by atoms with Crippen LogP contribution in [0.15, 0.2) is 24.3 Å². The lowest BCUT2D eigenvalue weighted by Crippen LogP contribution is -2.28. The Morgan fingerprint density at radius 3 is 2.69 bits per heavy atom. The largest absolute Gasteiger partial charge is 0.383 e. The number of benzene rings is 1. The van der Waals surface area contributed by atoms with Gasteiger partial charge in [0, 0.05) is 20.2 Å². The van der Waals surface area contributed by atoms with Crippen molar-refractivity contribution in [3.8, 4) is 0 Å². The van der Waals surface area contributed by atoms with Gasteiger partial charge in [-0.25, -0.2) is 0 Å². The standard InChI is InChI=1S/C13H20BrNO/c1-11-6-4-5-7-12(11)8-15(2)9-13(14)10-16-3/h4-7,13H,8-10H2,1-3H3. The number of alkyl halides is 1. The second kappa shape index (κ2) is 7.05. The summed E-state index contributed by atoms with van der Waals surface area (Å²) in [5.41, 5.74) is 2.74. The van der Waals surface area contributed by atoms with Crippen LogP contribution in [0.1, 0.15) is 11.1 Å². The third kappa shape index (κ3) is 4.64. The highest BCUT2D eigenvalue weighted by Gasteiger charge is 2.08. The van der Waals surface area contributed by atoms with Crippen LogP contribution in [-0.2, 0) is 11.3 Å². The number of nitrogens with zero attached hydrogens (tertiary/aromatic N) is 1. The number of ether oxygens (including phenoxy) is 1. The maximum Gasteiger partial charge on any atom is 0.0600 e. The predicted octanol–water partition coefficient (Wildman–Crippen LogP) is 2.84. The first-order chi connectivity index (χ1) is 7.63. The lowest BCUT2D eigenvalue weighted by Gasteiger charge is -2.20. The predicted molar refractivity (Wildman–Crippen MR) is 72.1 cm³/mol. The van der Waals surface area contributed by atoms with Crippen molar-refractivity contribution in [3.63, 3.8) is 0 Å². The van der Waals surface area contributed by atoms with Crippen LogP contribution in [0, 0.1) is 6.92 Å². The Labute approximate surface area is 107 Å². The van der Waals surface area contributed by atoms with Crippen LogP contribution >= 0.6 is 15.9 Å². The molecule has 1 aromatic carbocycles. The van der Waals surface area contributed by atoms with E-state index in [2.05, 4.69) is 59.1 Å². The van der Waals surface area contributed by atoms with E-state index >= 15 is 0 Å². The Kier molecular flexibility index (Phi) is 6.03. The van der Waals surface area contributed by atoms with Crippen LogP contribution in [-0.4, -0.2) is 37.0 Å². The zero-order chi connectivity index (χ0) is 12.0. The summed E-state index contributed by atoms with van der Waals surface area (Å²) in [5, 5.41) is 0. The Hall–Kier alpha value is -0.380. The van der Waals surface area contributed by atoms with Gasteiger partial charge in [-0.05, 0) is 25.1 Å². The molecule has 0 aliphatic carbocycles. The second-order valence-electron chi connectivity index (χ2n) is 4.18. The normalized spacial score (nSPS) is 13.1. The zero-order valence-corrected chi connectivity index (χ0v) is 11.8. The quantitative estimate of drug-likeness (QED) is 0.746. The minimum Gasteiger partial charge on any atom is -0.383 e. The molecule has 0 heterocycles. The summed E-state index contributed by atoms with van der Waals surface area (Å²) in [6.07, 6.45) is 0. The Bertz CT molecular complexity index is 317. The first-order valence-corrected chi connectivity index (χ1v) is 6.41. The van der Waals surface area contributed by atoms with E-state index in [0.717, 1.165) is 19.7 Å². The van der Waals surface area contributed by atoms with Gasteiger partial charge in [-0.15, -0.1) is 0 Å². The van der Waals surface area contributed by atoms with Gasteiger partial charge in [-0.2, -0.15) is 0 Å². The van der Waals surface area contributed by atoms with Crippen molar-refractivity contribution in [2.45, 2.75) is 18.3 Å². The molecule has 0 radical (unpaired) electrons. The van der Waals surface area contributed by atoms with Gasteiger partial charge in [0.05, 0.1) is 11.4 Å². The van der Waals surface area contributed by atoms with Crippen LogP contribution in [0.3, 0.4) is 0 Å². The average molecular weight is 286 g/mol. The summed E-state index contributed by atoms with van der Waals surface area (Å²) in [6.45, 7) is 4.88. The second-order valence-corrected chi connectivity index (χ2v) is 5.47. The van der Waals surface area contributed by atoms with E-state index in [9.17, 15) is 0 Å². The fourth-order valence-corrected chi connectivity index (χ4v) is 2.47. The molecule has 1 atom stereocenters. The number of hydrogen-bond acceptors (Lipinski definition) is 2. The highest BCUT2D eigenvalue weighted by atomic mass is 79.9. The van der Waals surface area contributed by atoms with Crippen molar-refractivity contribution in [3.05, 3.63) is 35.4 Å². The number of methoxy groups -OCH3 is 1. The number of aryl methyl sites for hydroxylation is 1. The third-order valence-electron chi connectivity index (χ3n) is 2.56. The molecular weight excluding hydrogens is 266 g/mol. The van der Waals surface area contributed by atoms with Crippen LogP contribution in [0.5, 0.6) is 0 Å². The van der Waals surface area contributed by atoms with Crippen molar-refractivity contribution in [1.82, 2.24) is 4.90 Å². The van der Waals surface area contributed by atoms with E-state index in [1.54, 1.807) is 7.11 Å². The van der Waals surface area contributed by atoms with Gasteiger partial charge in [-0.1, -0.05) is 40.2 Å². The van der Waals surface area contributed by atoms with Crippen molar-refractivity contribution in [1.29, 1.82) is 0 Å². The lowest BCUT2D eigenvalue weighted by atomic mass is 10.1. The van der Waals surface area contributed by atoms with Gasteiger partial charge >= 0.3 is 0 Å². The minimum atomic E-state index is 0.395. The number of hydrogen-bond donors (Lipinski definition) is 0. The van der Waals surface area contributed by atoms with Crippen molar-refractivity contribution in [2.24, 2.45) is 0 Å².